The van der Waals surface area contributed by atoms with Crippen LogP contribution in [-0.4, -0.2) is 38.1 Å². The van der Waals surface area contributed by atoms with E-state index in [9.17, 15) is 4.79 Å². The van der Waals surface area contributed by atoms with E-state index in [1.807, 2.05) is 13.8 Å². The number of nitrogens with zero attached hydrogens (tertiary/aromatic N) is 1. The van der Waals surface area contributed by atoms with E-state index in [1.54, 1.807) is 37.3 Å². The van der Waals surface area contributed by atoms with E-state index in [-0.39, 0.29) is 5.91 Å². The summed E-state index contributed by atoms with van der Waals surface area (Å²) in [5.41, 5.74) is 0.606. The Morgan fingerprint density at radius 2 is 2.00 bits per heavy atom. The summed E-state index contributed by atoms with van der Waals surface area (Å²) in [5.74, 6) is 1.22. The van der Waals surface area contributed by atoms with Gasteiger partial charge in [0.1, 0.15) is 0 Å². The summed E-state index contributed by atoms with van der Waals surface area (Å²) < 4.78 is 10.6. The first kappa shape index (κ1) is 13.4. The van der Waals surface area contributed by atoms with Gasteiger partial charge in [-0.1, -0.05) is 0 Å². The molecule has 1 aromatic rings. The van der Waals surface area contributed by atoms with Crippen molar-refractivity contribution in [3.63, 3.8) is 0 Å². The van der Waals surface area contributed by atoms with E-state index in [0.29, 0.717) is 30.2 Å². The van der Waals surface area contributed by atoms with Crippen LogP contribution in [0.25, 0.3) is 0 Å². The lowest BCUT2D eigenvalue weighted by Gasteiger charge is -2.16. The second-order valence-corrected chi connectivity index (χ2v) is 3.62. The third-order valence-electron chi connectivity index (χ3n) is 2.53. The first-order chi connectivity index (χ1) is 8.13. The average Bonchev–Trinajstić information content (AvgIpc) is 2.37. The normalized spacial score (nSPS) is 9.88. The standard InChI is InChI=1S/C13H19NO3/c1-5-14(3)13(15)10-7-8-11(17-6-2)12(9-10)16-4/h7-9H,5-6H2,1-4H3. The lowest BCUT2D eigenvalue weighted by molar-refractivity contribution is 0.0802. The Balaban J connectivity index is 3.00. The molecule has 0 saturated heterocycles. The minimum absolute atomic E-state index is 0.0196. The Labute approximate surface area is 102 Å². The van der Waals surface area contributed by atoms with Crippen molar-refractivity contribution in [2.45, 2.75) is 13.8 Å². The van der Waals surface area contributed by atoms with E-state index in [4.69, 9.17) is 9.47 Å². The molecule has 94 valence electrons. The highest BCUT2D eigenvalue weighted by molar-refractivity contribution is 5.94. The third kappa shape index (κ3) is 3.12. The number of hydrogen-bond acceptors (Lipinski definition) is 3. The van der Waals surface area contributed by atoms with Gasteiger partial charge in [0.05, 0.1) is 13.7 Å². The molecular weight excluding hydrogens is 218 g/mol. The summed E-state index contributed by atoms with van der Waals surface area (Å²) in [7, 11) is 3.33. The summed E-state index contributed by atoms with van der Waals surface area (Å²) in [4.78, 5) is 13.6. The number of ether oxygens (including phenoxy) is 2. The number of methoxy groups -OCH3 is 1. The average molecular weight is 237 g/mol. The van der Waals surface area contributed by atoms with Gasteiger partial charge >= 0.3 is 0 Å². The molecule has 1 aromatic carbocycles. The second-order valence-electron chi connectivity index (χ2n) is 3.62. The molecule has 0 aromatic heterocycles. The Hall–Kier alpha value is -1.71. The number of amides is 1. The molecule has 0 heterocycles. The molecule has 0 fully saturated rings. The van der Waals surface area contributed by atoms with Crippen LogP contribution in [0, 0.1) is 0 Å². The molecule has 0 unspecified atom stereocenters. The zero-order valence-corrected chi connectivity index (χ0v) is 10.8. The minimum Gasteiger partial charge on any atom is -0.493 e. The van der Waals surface area contributed by atoms with Crippen molar-refractivity contribution in [3.8, 4) is 11.5 Å². The van der Waals surface area contributed by atoms with Crippen molar-refractivity contribution < 1.29 is 14.3 Å². The van der Waals surface area contributed by atoms with Crippen molar-refractivity contribution >= 4 is 5.91 Å². The van der Waals surface area contributed by atoms with Gasteiger partial charge in [-0.05, 0) is 32.0 Å². The molecule has 0 saturated carbocycles. The zero-order valence-electron chi connectivity index (χ0n) is 10.8. The highest BCUT2D eigenvalue weighted by Crippen LogP contribution is 2.28. The van der Waals surface area contributed by atoms with Crippen molar-refractivity contribution in [2.75, 3.05) is 27.3 Å². The highest BCUT2D eigenvalue weighted by atomic mass is 16.5. The number of benzene rings is 1. The Kier molecular flexibility index (Phi) is 4.82. The fourth-order valence-corrected chi connectivity index (χ4v) is 1.44. The van der Waals surface area contributed by atoms with E-state index >= 15 is 0 Å². The van der Waals surface area contributed by atoms with Crippen LogP contribution in [0.1, 0.15) is 24.2 Å². The zero-order chi connectivity index (χ0) is 12.8. The smallest absolute Gasteiger partial charge is 0.253 e. The summed E-state index contributed by atoms with van der Waals surface area (Å²) >= 11 is 0. The SMILES string of the molecule is CCOc1ccc(C(=O)N(C)CC)cc1OC. The fourth-order valence-electron chi connectivity index (χ4n) is 1.44. The Morgan fingerprint density at radius 3 is 2.53 bits per heavy atom. The molecule has 17 heavy (non-hydrogen) atoms. The van der Waals surface area contributed by atoms with Gasteiger partial charge in [0.2, 0.25) is 0 Å². The molecule has 0 aliphatic rings. The van der Waals surface area contributed by atoms with Crippen LogP contribution in [0.3, 0.4) is 0 Å². The summed E-state index contributed by atoms with van der Waals surface area (Å²) in [5, 5.41) is 0. The maximum absolute atomic E-state index is 11.9. The molecule has 1 amide bonds. The van der Waals surface area contributed by atoms with Gasteiger partial charge in [-0.15, -0.1) is 0 Å². The minimum atomic E-state index is -0.0196. The topological polar surface area (TPSA) is 38.8 Å². The van der Waals surface area contributed by atoms with Crippen molar-refractivity contribution in [1.29, 1.82) is 0 Å². The Bertz CT molecular complexity index is 390. The van der Waals surface area contributed by atoms with Gasteiger partial charge in [0, 0.05) is 19.2 Å². The van der Waals surface area contributed by atoms with Crippen LogP contribution in [0.5, 0.6) is 11.5 Å². The molecule has 0 spiro atoms. The predicted molar refractivity (Wildman–Crippen MR) is 66.8 cm³/mol. The van der Waals surface area contributed by atoms with Gasteiger partial charge in [-0.2, -0.15) is 0 Å². The molecule has 0 aliphatic heterocycles. The van der Waals surface area contributed by atoms with Gasteiger partial charge < -0.3 is 14.4 Å². The van der Waals surface area contributed by atoms with Crippen molar-refractivity contribution in [1.82, 2.24) is 4.90 Å². The van der Waals surface area contributed by atoms with Gasteiger partial charge in [0.25, 0.3) is 5.91 Å². The quantitative estimate of drug-likeness (QED) is 0.788. The summed E-state index contributed by atoms with van der Waals surface area (Å²) in [6, 6.07) is 5.22. The van der Waals surface area contributed by atoms with Crippen molar-refractivity contribution in [3.05, 3.63) is 23.8 Å². The third-order valence-corrected chi connectivity index (χ3v) is 2.53. The lowest BCUT2D eigenvalue weighted by atomic mass is 10.2. The number of carbonyl (C=O) groups is 1. The van der Waals surface area contributed by atoms with Crippen LogP contribution in [-0.2, 0) is 0 Å². The van der Waals surface area contributed by atoms with Gasteiger partial charge in [-0.3, -0.25) is 4.79 Å². The first-order valence-electron chi connectivity index (χ1n) is 5.70. The van der Waals surface area contributed by atoms with Gasteiger partial charge in [0.15, 0.2) is 11.5 Å². The second kappa shape index (κ2) is 6.13. The molecule has 0 radical (unpaired) electrons. The van der Waals surface area contributed by atoms with Crippen LogP contribution in [0.2, 0.25) is 0 Å². The van der Waals surface area contributed by atoms with Crippen LogP contribution < -0.4 is 9.47 Å². The van der Waals surface area contributed by atoms with E-state index in [0.717, 1.165) is 0 Å². The van der Waals surface area contributed by atoms with E-state index < -0.39 is 0 Å². The molecule has 0 N–H and O–H groups in total. The summed E-state index contributed by atoms with van der Waals surface area (Å²) in [6.07, 6.45) is 0. The Morgan fingerprint density at radius 1 is 1.29 bits per heavy atom. The van der Waals surface area contributed by atoms with Crippen LogP contribution in [0.4, 0.5) is 0 Å². The molecule has 0 aliphatic carbocycles. The van der Waals surface area contributed by atoms with Crippen LogP contribution in [0.15, 0.2) is 18.2 Å². The largest absolute Gasteiger partial charge is 0.493 e. The van der Waals surface area contributed by atoms with Gasteiger partial charge in [-0.25, -0.2) is 0 Å². The lowest BCUT2D eigenvalue weighted by Crippen LogP contribution is -2.26. The molecule has 0 atom stereocenters. The number of rotatable bonds is 5. The van der Waals surface area contributed by atoms with E-state index in [1.165, 1.54) is 0 Å². The molecule has 0 bridgehead atoms. The monoisotopic (exact) mass is 237 g/mol. The molecule has 1 rings (SSSR count). The van der Waals surface area contributed by atoms with E-state index in [2.05, 4.69) is 0 Å². The number of hydrogen-bond donors (Lipinski definition) is 0. The molecular formula is C13H19NO3. The fraction of sp³-hybridized carbons (Fsp3) is 0.462. The predicted octanol–water partition coefficient (Wildman–Crippen LogP) is 2.19. The number of carbonyl (C=O) groups excluding carboxylic acids is 1. The van der Waals surface area contributed by atoms with Crippen LogP contribution >= 0.6 is 0 Å². The molecule has 4 nitrogen and oxygen atoms in total. The maximum atomic E-state index is 11.9. The highest BCUT2D eigenvalue weighted by Gasteiger charge is 2.13. The van der Waals surface area contributed by atoms with Crippen molar-refractivity contribution in [2.24, 2.45) is 0 Å². The maximum Gasteiger partial charge on any atom is 0.253 e. The summed E-state index contributed by atoms with van der Waals surface area (Å²) in [6.45, 7) is 5.08. The first-order valence-corrected chi connectivity index (χ1v) is 5.70. The molecule has 4 heteroatoms.